The van der Waals surface area contributed by atoms with Crippen LogP contribution in [0.5, 0.6) is 0 Å². The molecule has 1 aromatic heterocycles. The van der Waals surface area contributed by atoms with E-state index < -0.39 is 11.9 Å². The van der Waals surface area contributed by atoms with E-state index in [1.807, 2.05) is 0 Å². The highest BCUT2D eigenvalue weighted by Gasteiger charge is 2.12. The molecule has 0 spiro atoms. The van der Waals surface area contributed by atoms with Crippen LogP contribution in [0.1, 0.15) is 20.7 Å². The molecule has 0 unspecified atom stereocenters. The summed E-state index contributed by atoms with van der Waals surface area (Å²) < 4.78 is 9.49. The lowest BCUT2D eigenvalue weighted by Gasteiger charge is -2.11. The molecule has 9 nitrogen and oxygen atoms in total. The third-order valence-corrected chi connectivity index (χ3v) is 3.69. The summed E-state index contributed by atoms with van der Waals surface area (Å²) in [6, 6.07) is 13.6. The number of methoxy groups -OCH3 is 2. The molecule has 0 aliphatic rings. The highest BCUT2D eigenvalue weighted by Crippen LogP contribution is 2.21. The van der Waals surface area contributed by atoms with E-state index in [1.165, 1.54) is 20.4 Å². The maximum absolute atomic E-state index is 11.9. The molecule has 0 saturated carbocycles. The summed E-state index contributed by atoms with van der Waals surface area (Å²) >= 11 is 0. The van der Waals surface area contributed by atoms with Crippen LogP contribution in [-0.2, 0) is 9.47 Å². The fourth-order valence-corrected chi connectivity index (χ4v) is 2.41. The summed E-state index contributed by atoms with van der Waals surface area (Å²) in [5.74, 6) is -0.332. The van der Waals surface area contributed by atoms with Crippen LogP contribution in [0.2, 0.25) is 0 Å². The monoisotopic (exact) mass is 379 g/mol. The number of esters is 2. The van der Waals surface area contributed by atoms with E-state index in [1.54, 1.807) is 48.5 Å². The lowest BCUT2D eigenvalue weighted by atomic mass is 10.2. The predicted octanol–water partition coefficient (Wildman–Crippen LogP) is 2.93. The van der Waals surface area contributed by atoms with Crippen LogP contribution >= 0.6 is 0 Å². The van der Waals surface area contributed by atoms with Gasteiger partial charge >= 0.3 is 11.9 Å². The molecule has 2 N–H and O–H groups in total. The summed E-state index contributed by atoms with van der Waals surface area (Å²) in [5.41, 5.74) is 1.87. The van der Waals surface area contributed by atoms with Crippen LogP contribution in [0.4, 0.5) is 23.1 Å². The van der Waals surface area contributed by atoms with Crippen molar-refractivity contribution in [1.82, 2.24) is 15.2 Å². The smallest absolute Gasteiger partial charge is 0.339 e. The Hall–Kier alpha value is -4.01. The zero-order valence-electron chi connectivity index (χ0n) is 15.2. The molecule has 0 saturated heterocycles. The highest BCUT2D eigenvalue weighted by molar-refractivity contribution is 5.96. The van der Waals surface area contributed by atoms with Gasteiger partial charge in [-0.05, 0) is 30.3 Å². The van der Waals surface area contributed by atoms with Crippen molar-refractivity contribution in [2.24, 2.45) is 0 Å². The molecular weight excluding hydrogens is 362 g/mol. The molecule has 9 heteroatoms. The van der Waals surface area contributed by atoms with Gasteiger partial charge in [0.05, 0.1) is 37.2 Å². The van der Waals surface area contributed by atoms with Gasteiger partial charge in [-0.25, -0.2) is 9.59 Å². The zero-order valence-corrected chi connectivity index (χ0v) is 15.2. The Morgan fingerprint density at radius 1 is 0.929 bits per heavy atom. The Bertz CT molecular complexity index is 1010. The SMILES string of the molecule is COC(=O)c1cccc(Nc2nncc(Nc3ccccc3C(=O)OC)n2)c1. The summed E-state index contributed by atoms with van der Waals surface area (Å²) in [6.45, 7) is 0. The van der Waals surface area contributed by atoms with Gasteiger partial charge in [0.2, 0.25) is 5.95 Å². The average molecular weight is 379 g/mol. The maximum Gasteiger partial charge on any atom is 0.339 e. The number of anilines is 4. The molecule has 28 heavy (non-hydrogen) atoms. The number of carbonyl (C=O) groups excluding carboxylic acids is 2. The molecule has 3 aromatic rings. The molecule has 0 aliphatic heterocycles. The molecule has 0 radical (unpaired) electrons. The summed E-state index contributed by atoms with van der Waals surface area (Å²) in [6.07, 6.45) is 1.42. The van der Waals surface area contributed by atoms with Crippen molar-refractivity contribution in [3.63, 3.8) is 0 Å². The molecule has 2 aromatic carbocycles. The molecule has 3 rings (SSSR count). The number of aromatic nitrogens is 3. The first-order chi connectivity index (χ1) is 13.6. The van der Waals surface area contributed by atoms with Crippen LogP contribution in [0.15, 0.2) is 54.7 Å². The summed E-state index contributed by atoms with van der Waals surface area (Å²) in [5, 5.41) is 13.8. The van der Waals surface area contributed by atoms with Crippen molar-refractivity contribution in [1.29, 1.82) is 0 Å². The Labute approximate surface area is 160 Å². The van der Waals surface area contributed by atoms with Gasteiger partial charge in [0, 0.05) is 5.69 Å². The second-order valence-corrected chi connectivity index (χ2v) is 5.52. The lowest BCUT2D eigenvalue weighted by Crippen LogP contribution is -2.07. The van der Waals surface area contributed by atoms with Crippen molar-refractivity contribution in [2.45, 2.75) is 0 Å². The fourth-order valence-electron chi connectivity index (χ4n) is 2.41. The van der Waals surface area contributed by atoms with Crippen LogP contribution in [-0.4, -0.2) is 41.3 Å². The van der Waals surface area contributed by atoms with Gasteiger partial charge in [-0.1, -0.05) is 18.2 Å². The molecule has 142 valence electrons. The van der Waals surface area contributed by atoms with Gasteiger partial charge in [-0.15, -0.1) is 5.10 Å². The van der Waals surface area contributed by atoms with Crippen LogP contribution in [0.3, 0.4) is 0 Å². The molecular formula is C19H17N5O4. The van der Waals surface area contributed by atoms with Gasteiger partial charge in [-0.3, -0.25) is 0 Å². The number of nitrogens with zero attached hydrogens (tertiary/aromatic N) is 3. The molecule has 0 amide bonds. The van der Waals surface area contributed by atoms with Crippen molar-refractivity contribution in [3.8, 4) is 0 Å². The van der Waals surface area contributed by atoms with Crippen LogP contribution in [0.25, 0.3) is 0 Å². The second-order valence-electron chi connectivity index (χ2n) is 5.52. The largest absolute Gasteiger partial charge is 0.465 e. The molecule has 0 fully saturated rings. The van der Waals surface area contributed by atoms with Crippen molar-refractivity contribution in [2.75, 3.05) is 24.9 Å². The van der Waals surface area contributed by atoms with E-state index in [-0.39, 0.29) is 5.95 Å². The normalized spacial score (nSPS) is 10.1. The summed E-state index contributed by atoms with van der Waals surface area (Å²) in [7, 11) is 2.63. The number of nitrogens with one attached hydrogen (secondary N) is 2. The number of carbonyl (C=O) groups is 2. The predicted molar refractivity (Wildman–Crippen MR) is 102 cm³/mol. The lowest BCUT2D eigenvalue weighted by molar-refractivity contribution is 0.0592. The molecule has 0 bridgehead atoms. The number of benzene rings is 2. The Morgan fingerprint density at radius 3 is 2.50 bits per heavy atom. The summed E-state index contributed by atoms with van der Waals surface area (Å²) in [4.78, 5) is 27.8. The Balaban J connectivity index is 1.81. The third-order valence-electron chi connectivity index (χ3n) is 3.69. The number of ether oxygens (including phenoxy) is 2. The molecule has 1 heterocycles. The van der Waals surface area contributed by atoms with Gasteiger partial charge < -0.3 is 20.1 Å². The first-order valence-corrected chi connectivity index (χ1v) is 8.20. The van der Waals surface area contributed by atoms with Gasteiger partial charge in [0.1, 0.15) is 0 Å². The van der Waals surface area contributed by atoms with Crippen LogP contribution in [0, 0.1) is 0 Å². The minimum Gasteiger partial charge on any atom is -0.465 e. The number of para-hydroxylation sites is 1. The molecule has 0 atom stereocenters. The van der Waals surface area contributed by atoms with Crippen molar-refractivity contribution >= 4 is 35.1 Å². The van der Waals surface area contributed by atoms with E-state index in [2.05, 4.69) is 25.8 Å². The second kappa shape index (κ2) is 8.58. The first-order valence-electron chi connectivity index (χ1n) is 8.20. The minimum atomic E-state index is -0.469. The third kappa shape index (κ3) is 4.39. The number of rotatable bonds is 6. The maximum atomic E-state index is 11.9. The first kappa shape index (κ1) is 18.8. The minimum absolute atomic E-state index is 0.211. The van der Waals surface area contributed by atoms with Crippen molar-refractivity contribution < 1.29 is 19.1 Å². The Morgan fingerprint density at radius 2 is 1.71 bits per heavy atom. The van der Waals surface area contributed by atoms with E-state index in [9.17, 15) is 9.59 Å². The zero-order chi connectivity index (χ0) is 19.9. The Kier molecular flexibility index (Phi) is 5.75. The average Bonchev–Trinajstić information content (AvgIpc) is 2.73. The van der Waals surface area contributed by atoms with Crippen LogP contribution < -0.4 is 10.6 Å². The van der Waals surface area contributed by atoms with Crippen molar-refractivity contribution in [3.05, 3.63) is 65.9 Å². The standard InChI is InChI=1S/C19H17N5O4/c1-27-17(25)12-6-5-7-13(10-12)21-19-23-16(11-20-24-19)22-15-9-4-3-8-14(15)18(26)28-2/h3-11H,1-2H3,(H2,21,22,23,24). The van der Waals surface area contributed by atoms with E-state index in [4.69, 9.17) is 9.47 Å². The van der Waals surface area contributed by atoms with Gasteiger partial charge in [0.25, 0.3) is 0 Å². The fraction of sp³-hybridized carbons (Fsp3) is 0.105. The van der Waals surface area contributed by atoms with Gasteiger partial charge in [-0.2, -0.15) is 10.1 Å². The molecule has 0 aliphatic carbocycles. The number of hydrogen-bond donors (Lipinski definition) is 2. The highest BCUT2D eigenvalue weighted by atomic mass is 16.5. The van der Waals surface area contributed by atoms with Gasteiger partial charge in [0.15, 0.2) is 5.82 Å². The van der Waals surface area contributed by atoms with E-state index in [0.29, 0.717) is 28.3 Å². The quantitative estimate of drug-likeness (QED) is 0.624. The topological polar surface area (TPSA) is 115 Å². The number of hydrogen-bond acceptors (Lipinski definition) is 9. The van der Waals surface area contributed by atoms with E-state index in [0.717, 1.165) is 0 Å². The van der Waals surface area contributed by atoms with E-state index >= 15 is 0 Å².